The molecule has 1 aliphatic rings. The Morgan fingerprint density at radius 1 is 1.18 bits per heavy atom. The number of benzene rings is 1. The Bertz CT molecular complexity index is 818. The number of imidazole rings is 1. The Kier molecular flexibility index (Phi) is 7.04. The normalized spacial score (nSPS) is 15.9. The summed E-state index contributed by atoms with van der Waals surface area (Å²) in [6, 6.07) is 6.94. The summed E-state index contributed by atoms with van der Waals surface area (Å²) in [7, 11) is 0. The van der Waals surface area contributed by atoms with Gasteiger partial charge in [0.05, 0.1) is 10.9 Å². The van der Waals surface area contributed by atoms with E-state index in [-0.39, 0.29) is 11.2 Å². The van der Waals surface area contributed by atoms with Gasteiger partial charge in [-0.3, -0.25) is 4.79 Å². The number of aryl methyl sites for hydroxylation is 1. The number of hydrogen-bond acceptors (Lipinski definition) is 4. The quantitative estimate of drug-likeness (QED) is 0.549. The van der Waals surface area contributed by atoms with Crippen LogP contribution in [0.3, 0.4) is 0 Å². The summed E-state index contributed by atoms with van der Waals surface area (Å²) in [6.45, 7) is 5.96. The van der Waals surface area contributed by atoms with Crippen molar-refractivity contribution in [1.82, 2.24) is 9.55 Å². The smallest absolute Gasteiger partial charge is 0.288 e. The standard InChI is InChI=1S/C20H25F2N3OS2/c1-12-13(2)25(16-6-4-5-7-16)20(23-12)27-14(3)18(26)24-15-8-10-17(11-9-15)28-19(21)22/h8-11,14,16,19H,4-7H2,1-3H3,(H,24,26)/t14-/m1/s1. The second-order valence-electron chi connectivity index (χ2n) is 7.03. The van der Waals surface area contributed by atoms with Gasteiger partial charge in [0.15, 0.2) is 5.16 Å². The van der Waals surface area contributed by atoms with E-state index >= 15 is 0 Å². The molecule has 3 rings (SSSR count). The van der Waals surface area contributed by atoms with Gasteiger partial charge in [0.2, 0.25) is 5.91 Å². The Hall–Kier alpha value is -1.54. The van der Waals surface area contributed by atoms with Crippen LogP contribution in [0.15, 0.2) is 34.3 Å². The second kappa shape index (κ2) is 9.31. The van der Waals surface area contributed by atoms with Gasteiger partial charge in [-0.2, -0.15) is 8.78 Å². The Balaban J connectivity index is 1.65. The molecule has 1 fully saturated rings. The fourth-order valence-corrected chi connectivity index (χ4v) is 5.02. The summed E-state index contributed by atoms with van der Waals surface area (Å²) >= 11 is 1.96. The number of anilines is 1. The molecule has 1 aromatic carbocycles. The van der Waals surface area contributed by atoms with Gasteiger partial charge in [0.1, 0.15) is 0 Å². The number of amides is 1. The number of alkyl halides is 2. The minimum atomic E-state index is -2.45. The highest BCUT2D eigenvalue weighted by atomic mass is 32.2. The molecule has 4 nitrogen and oxygen atoms in total. The average molecular weight is 426 g/mol. The zero-order valence-corrected chi connectivity index (χ0v) is 17.9. The lowest BCUT2D eigenvalue weighted by molar-refractivity contribution is -0.115. The maximum atomic E-state index is 12.6. The van der Waals surface area contributed by atoms with E-state index in [4.69, 9.17) is 4.98 Å². The van der Waals surface area contributed by atoms with Crippen LogP contribution in [0.4, 0.5) is 14.5 Å². The lowest BCUT2D eigenvalue weighted by Crippen LogP contribution is -2.23. The van der Waals surface area contributed by atoms with Crippen LogP contribution in [0, 0.1) is 13.8 Å². The van der Waals surface area contributed by atoms with Crippen molar-refractivity contribution in [3.05, 3.63) is 35.7 Å². The van der Waals surface area contributed by atoms with Gasteiger partial charge in [-0.1, -0.05) is 36.4 Å². The van der Waals surface area contributed by atoms with E-state index in [1.165, 1.54) is 30.3 Å². The molecule has 2 aromatic rings. The van der Waals surface area contributed by atoms with E-state index in [1.54, 1.807) is 24.3 Å². The molecule has 1 saturated carbocycles. The fraction of sp³-hybridized carbons (Fsp3) is 0.500. The van der Waals surface area contributed by atoms with Crippen LogP contribution in [0.5, 0.6) is 0 Å². The van der Waals surface area contributed by atoms with Crippen molar-refractivity contribution in [2.24, 2.45) is 0 Å². The third-order valence-corrected chi connectivity index (χ3v) is 6.83. The van der Waals surface area contributed by atoms with Crippen LogP contribution < -0.4 is 5.32 Å². The van der Waals surface area contributed by atoms with Gasteiger partial charge < -0.3 is 9.88 Å². The third-order valence-electron chi connectivity index (χ3n) is 5.04. The molecule has 0 unspecified atom stereocenters. The number of carbonyl (C=O) groups is 1. The molecule has 1 N–H and O–H groups in total. The first kappa shape index (κ1) is 21.2. The molecule has 1 atom stereocenters. The van der Waals surface area contributed by atoms with Crippen LogP contribution in [-0.4, -0.2) is 26.5 Å². The molecule has 0 aliphatic heterocycles. The number of hydrogen-bond donors (Lipinski definition) is 1. The van der Waals surface area contributed by atoms with Crippen molar-refractivity contribution < 1.29 is 13.6 Å². The Morgan fingerprint density at radius 2 is 1.82 bits per heavy atom. The maximum Gasteiger partial charge on any atom is 0.288 e. The van der Waals surface area contributed by atoms with Crippen molar-refractivity contribution in [2.45, 2.75) is 73.6 Å². The molecule has 0 spiro atoms. The number of aromatic nitrogens is 2. The summed E-state index contributed by atoms with van der Waals surface area (Å²) in [5.41, 5.74) is 2.78. The largest absolute Gasteiger partial charge is 0.325 e. The monoisotopic (exact) mass is 425 g/mol. The number of rotatable bonds is 7. The molecule has 0 radical (unpaired) electrons. The van der Waals surface area contributed by atoms with E-state index in [0.717, 1.165) is 23.7 Å². The molecule has 1 aliphatic carbocycles. The van der Waals surface area contributed by atoms with Gasteiger partial charge in [-0.15, -0.1) is 0 Å². The zero-order valence-electron chi connectivity index (χ0n) is 16.2. The molecule has 1 aromatic heterocycles. The van der Waals surface area contributed by atoms with Crippen molar-refractivity contribution in [3.63, 3.8) is 0 Å². The van der Waals surface area contributed by atoms with E-state index < -0.39 is 5.76 Å². The highest BCUT2D eigenvalue weighted by molar-refractivity contribution is 8.00. The fourth-order valence-electron chi connectivity index (χ4n) is 3.45. The highest BCUT2D eigenvalue weighted by Gasteiger charge is 2.25. The molecule has 1 amide bonds. The summed E-state index contributed by atoms with van der Waals surface area (Å²) < 4.78 is 27.1. The van der Waals surface area contributed by atoms with Crippen molar-refractivity contribution >= 4 is 35.1 Å². The lowest BCUT2D eigenvalue weighted by Gasteiger charge is -2.18. The van der Waals surface area contributed by atoms with Crippen molar-refractivity contribution in [1.29, 1.82) is 0 Å². The first-order chi connectivity index (χ1) is 13.3. The van der Waals surface area contributed by atoms with Gasteiger partial charge in [0.25, 0.3) is 5.76 Å². The maximum absolute atomic E-state index is 12.6. The molecular weight excluding hydrogens is 400 g/mol. The molecule has 28 heavy (non-hydrogen) atoms. The predicted octanol–water partition coefficient (Wildman–Crippen LogP) is 6.05. The topological polar surface area (TPSA) is 46.9 Å². The summed E-state index contributed by atoms with van der Waals surface area (Å²) in [5.74, 6) is -2.58. The van der Waals surface area contributed by atoms with E-state index in [1.807, 2.05) is 13.8 Å². The minimum Gasteiger partial charge on any atom is -0.325 e. The number of nitrogens with zero attached hydrogens (tertiary/aromatic N) is 2. The zero-order chi connectivity index (χ0) is 20.3. The number of carbonyl (C=O) groups excluding carboxylic acids is 1. The van der Waals surface area contributed by atoms with Gasteiger partial charge in [0, 0.05) is 22.3 Å². The molecule has 0 bridgehead atoms. The van der Waals surface area contributed by atoms with Crippen LogP contribution in [-0.2, 0) is 4.79 Å². The molecule has 1 heterocycles. The third kappa shape index (κ3) is 5.08. The lowest BCUT2D eigenvalue weighted by atomic mass is 10.2. The summed E-state index contributed by atoms with van der Waals surface area (Å²) in [5, 5.41) is 3.43. The second-order valence-corrected chi connectivity index (χ2v) is 9.40. The first-order valence-electron chi connectivity index (χ1n) is 9.43. The number of halogens is 2. The summed E-state index contributed by atoms with van der Waals surface area (Å²) in [4.78, 5) is 17.8. The minimum absolute atomic E-state index is 0.129. The van der Waals surface area contributed by atoms with Crippen LogP contribution in [0.25, 0.3) is 0 Å². The molecule has 8 heteroatoms. The van der Waals surface area contributed by atoms with Gasteiger partial charge in [-0.25, -0.2) is 4.98 Å². The SMILES string of the molecule is Cc1nc(S[C@H](C)C(=O)Nc2ccc(SC(F)F)cc2)n(C2CCCC2)c1C. The molecular formula is C20H25F2N3OS2. The van der Waals surface area contributed by atoms with Crippen LogP contribution in [0.2, 0.25) is 0 Å². The Morgan fingerprint density at radius 3 is 2.43 bits per heavy atom. The van der Waals surface area contributed by atoms with Crippen molar-refractivity contribution in [3.8, 4) is 0 Å². The first-order valence-corrected chi connectivity index (χ1v) is 11.2. The summed E-state index contributed by atoms with van der Waals surface area (Å²) in [6.07, 6.45) is 4.80. The van der Waals surface area contributed by atoms with Gasteiger partial charge >= 0.3 is 0 Å². The van der Waals surface area contributed by atoms with Crippen molar-refractivity contribution in [2.75, 3.05) is 5.32 Å². The molecule has 0 saturated heterocycles. The van der Waals surface area contributed by atoms with E-state index in [0.29, 0.717) is 28.4 Å². The number of nitrogens with one attached hydrogen (secondary N) is 1. The van der Waals surface area contributed by atoms with Crippen LogP contribution in [0.1, 0.15) is 50.0 Å². The van der Waals surface area contributed by atoms with E-state index in [2.05, 4.69) is 16.8 Å². The predicted molar refractivity (Wildman–Crippen MR) is 111 cm³/mol. The average Bonchev–Trinajstić information content (AvgIpc) is 3.25. The molecule has 152 valence electrons. The van der Waals surface area contributed by atoms with Gasteiger partial charge in [-0.05, 0) is 57.9 Å². The highest BCUT2D eigenvalue weighted by Crippen LogP contribution is 2.36. The van der Waals surface area contributed by atoms with Crippen LogP contribution >= 0.6 is 23.5 Å². The Labute approximate surface area is 172 Å². The van der Waals surface area contributed by atoms with E-state index in [9.17, 15) is 13.6 Å². The number of thioether (sulfide) groups is 2.